The molecule has 6 heteroatoms. The van der Waals surface area contributed by atoms with Crippen LogP contribution in [0.3, 0.4) is 0 Å². The van der Waals surface area contributed by atoms with Crippen molar-refractivity contribution in [1.82, 2.24) is 5.32 Å². The van der Waals surface area contributed by atoms with Crippen molar-refractivity contribution < 1.29 is 4.79 Å². The molecule has 0 atom stereocenters. The molecule has 1 aliphatic carbocycles. The van der Waals surface area contributed by atoms with Crippen LogP contribution in [0.4, 0.5) is 17.1 Å². The monoisotopic (exact) mass is 449 g/mol. The third-order valence-corrected chi connectivity index (χ3v) is 7.06. The zero-order valence-electron chi connectivity index (χ0n) is 20.5. The smallest absolute Gasteiger partial charge is 0.227 e. The summed E-state index contributed by atoms with van der Waals surface area (Å²) in [5, 5.41) is 10.3. The predicted molar refractivity (Wildman–Crippen MR) is 138 cm³/mol. The first-order valence-electron chi connectivity index (χ1n) is 12.2. The Kier molecular flexibility index (Phi) is 6.96. The highest BCUT2D eigenvalue weighted by Gasteiger charge is 2.37. The van der Waals surface area contributed by atoms with E-state index < -0.39 is 0 Å². The lowest BCUT2D eigenvalue weighted by atomic mass is 9.85. The molecular weight excluding hydrogens is 410 g/mol. The highest BCUT2D eigenvalue weighted by molar-refractivity contribution is 5.92. The van der Waals surface area contributed by atoms with Gasteiger partial charge in [0, 0.05) is 42.8 Å². The van der Waals surface area contributed by atoms with Gasteiger partial charge in [-0.15, -0.1) is 0 Å². The number of nitrogens with zero attached hydrogens (tertiary/aromatic N) is 1. The third-order valence-electron chi connectivity index (χ3n) is 7.06. The number of carbonyl (C=O) groups is 1. The van der Waals surface area contributed by atoms with Gasteiger partial charge in [0.25, 0.3) is 0 Å². The first-order valence-corrected chi connectivity index (χ1v) is 12.2. The highest BCUT2D eigenvalue weighted by Crippen LogP contribution is 2.38. The summed E-state index contributed by atoms with van der Waals surface area (Å²) < 4.78 is 0. The van der Waals surface area contributed by atoms with Crippen LogP contribution < -0.4 is 26.6 Å². The van der Waals surface area contributed by atoms with E-state index in [2.05, 4.69) is 46.8 Å². The fourth-order valence-corrected chi connectivity index (χ4v) is 5.24. The van der Waals surface area contributed by atoms with Crippen molar-refractivity contribution in [2.24, 2.45) is 11.7 Å². The molecule has 4 rings (SSSR count). The van der Waals surface area contributed by atoms with E-state index >= 15 is 0 Å². The molecule has 5 N–H and O–H groups in total. The van der Waals surface area contributed by atoms with Gasteiger partial charge in [0.05, 0.1) is 11.4 Å². The zero-order valence-corrected chi connectivity index (χ0v) is 20.5. The SMILES string of the molecule is CNCc1c(C)ccc(N2CC(C)(N)C2)c1NC1CCC(C(=O)Nc2cccc(C)c2)CC1. The van der Waals surface area contributed by atoms with Crippen molar-refractivity contribution in [3.05, 3.63) is 53.1 Å². The average Bonchev–Trinajstić information content (AvgIpc) is 2.75. The minimum Gasteiger partial charge on any atom is -0.380 e. The number of hydrogen-bond donors (Lipinski definition) is 4. The topological polar surface area (TPSA) is 82.4 Å². The van der Waals surface area contributed by atoms with E-state index in [4.69, 9.17) is 5.73 Å². The summed E-state index contributed by atoms with van der Waals surface area (Å²) in [4.78, 5) is 15.2. The average molecular weight is 450 g/mol. The van der Waals surface area contributed by atoms with E-state index in [-0.39, 0.29) is 17.4 Å². The molecular formula is C27H39N5O. The molecule has 1 saturated heterocycles. The highest BCUT2D eigenvalue weighted by atomic mass is 16.1. The number of nitrogens with one attached hydrogen (secondary N) is 3. The van der Waals surface area contributed by atoms with Crippen molar-refractivity contribution in [3.63, 3.8) is 0 Å². The van der Waals surface area contributed by atoms with Crippen LogP contribution in [0.5, 0.6) is 0 Å². The van der Waals surface area contributed by atoms with Gasteiger partial charge in [-0.1, -0.05) is 18.2 Å². The molecule has 2 aromatic carbocycles. The number of benzene rings is 2. The van der Waals surface area contributed by atoms with Gasteiger partial charge in [0.1, 0.15) is 0 Å². The van der Waals surface area contributed by atoms with E-state index in [9.17, 15) is 4.79 Å². The minimum atomic E-state index is -0.117. The molecule has 178 valence electrons. The normalized spacial score (nSPS) is 21.9. The first kappa shape index (κ1) is 23.6. The molecule has 2 aliphatic rings. The summed E-state index contributed by atoms with van der Waals surface area (Å²) in [7, 11) is 1.99. The van der Waals surface area contributed by atoms with Crippen LogP contribution in [0.15, 0.2) is 36.4 Å². The van der Waals surface area contributed by atoms with Gasteiger partial charge < -0.3 is 26.6 Å². The molecule has 1 saturated carbocycles. The first-order chi connectivity index (χ1) is 15.8. The Balaban J connectivity index is 1.42. The molecule has 33 heavy (non-hydrogen) atoms. The molecule has 1 heterocycles. The molecule has 0 radical (unpaired) electrons. The van der Waals surface area contributed by atoms with Crippen molar-refractivity contribution in [2.75, 3.05) is 35.7 Å². The molecule has 2 aromatic rings. The standard InChI is InChI=1S/C27H39N5O/c1-18-6-5-7-22(14-18)31-26(33)20-9-11-21(12-10-20)30-25-23(15-29-4)19(2)8-13-24(25)32-16-27(3,28)17-32/h5-8,13-14,20-21,29-30H,9-12,15-17,28H2,1-4H3,(H,31,33). The molecule has 1 amide bonds. The molecule has 0 aromatic heterocycles. The summed E-state index contributed by atoms with van der Waals surface area (Å²) in [6.07, 6.45) is 3.80. The summed E-state index contributed by atoms with van der Waals surface area (Å²) in [5.74, 6) is 0.222. The van der Waals surface area contributed by atoms with Crippen LogP contribution in [-0.4, -0.2) is 37.6 Å². The summed E-state index contributed by atoms with van der Waals surface area (Å²) in [5.41, 5.74) is 13.3. The Morgan fingerprint density at radius 2 is 1.85 bits per heavy atom. The van der Waals surface area contributed by atoms with E-state index in [1.807, 2.05) is 38.2 Å². The Labute approximate surface area is 198 Å². The lowest BCUT2D eigenvalue weighted by Gasteiger charge is -2.48. The minimum absolute atomic E-state index is 0.0747. The van der Waals surface area contributed by atoms with Crippen molar-refractivity contribution in [1.29, 1.82) is 0 Å². The summed E-state index contributed by atoms with van der Waals surface area (Å²) in [6.45, 7) is 8.90. The molecule has 2 fully saturated rings. The third kappa shape index (κ3) is 5.50. The molecule has 0 bridgehead atoms. The number of nitrogens with two attached hydrogens (primary N) is 1. The second kappa shape index (κ2) is 9.74. The van der Waals surface area contributed by atoms with Gasteiger partial charge >= 0.3 is 0 Å². The van der Waals surface area contributed by atoms with Gasteiger partial charge in [-0.2, -0.15) is 0 Å². The maximum atomic E-state index is 12.8. The van der Waals surface area contributed by atoms with Gasteiger partial charge in [0.2, 0.25) is 5.91 Å². The fraction of sp³-hybridized carbons (Fsp3) is 0.519. The largest absolute Gasteiger partial charge is 0.380 e. The number of rotatable bonds is 7. The number of hydrogen-bond acceptors (Lipinski definition) is 5. The number of amides is 1. The van der Waals surface area contributed by atoms with E-state index in [0.717, 1.165) is 56.6 Å². The second-order valence-electron chi connectivity index (χ2n) is 10.3. The van der Waals surface area contributed by atoms with Crippen LogP contribution >= 0.6 is 0 Å². The maximum absolute atomic E-state index is 12.8. The van der Waals surface area contributed by atoms with Gasteiger partial charge in [-0.05, 0) is 88.4 Å². The Morgan fingerprint density at radius 1 is 1.12 bits per heavy atom. The molecule has 0 unspecified atom stereocenters. The lowest BCUT2D eigenvalue weighted by Crippen LogP contribution is -2.65. The van der Waals surface area contributed by atoms with Gasteiger partial charge in [-0.25, -0.2) is 0 Å². The van der Waals surface area contributed by atoms with Gasteiger partial charge in [-0.3, -0.25) is 4.79 Å². The lowest BCUT2D eigenvalue weighted by molar-refractivity contribution is -0.120. The van der Waals surface area contributed by atoms with Crippen LogP contribution in [0.1, 0.15) is 49.3 Å². The maximum Gasteiger partial charge on any atom is 0.227 e. The molecule has 1 aliphatic heterocycles. The fourth-order valence-electron chi connectivity index (χ4n) is 5.24. The van der Waals surface area contributed by atoms with Gasteiger partial charge in [0.15, 0.2) is 0 Å². The summed E-state index contributed by atoms with van der Waals surface area (Å²) >= 11 is 0. The Bertz CT molecular complexity index is 986. The van der Waals surface area contributed by atoms with E-state index in [1.54, 1.807) is 0 Å². The molecule has 0 spiro atoms. The van der Waals surface area contributed by atoms with E-state index in [1.165, 1.54) is 22.5 Å². The molecule has 6 nitrogen and oxygen atoms in total. The summed E-state index contributed by atoms with van der Waals surface area (Å²) in [6, 6.07) is 12.8. The predicted octanol–water partition coefficient (Wildman–Crippen LogP) is 4.17. The quantitative estimate of drug-likeness (QED) is 0.510. The number of carbonyl (C=O) groups excluding carboxylic acids is 1. The van der Waals surface area contributed by atoms with E-state index in [0.29, 0.717) is 6.04 Å². The van der Waals surface area contributed by atoms with Crippen LogP contribution in [0.25, 0.3) is 0 Å². The van der Waals surface area contributed by atoms with Crippen LogP contribution in [-0.2, 0) is 11.3 Å². The Hall–Kier alpha value is -2.57. The van der Waals surface area contributed by atoms with Crippen LogP contribution in [0.2, 0.25) is 0 Å². The van der Waals surface area contributed by atoms with Crippen molar-refractivity contribution in [3.8, 4) is 0 Å². The number of aryl methyl sites for hydroxylation is 2. The van der Waals surface area contributed by atoms with Crippen LogP contribution in [0, 0.1) is 19.8 Å². The second-order valence-corrected chi connectivity index (χ2v) is 10.3. The van der Waals surface area contributed by atoms with Crippen molar-refractivity contribution >= 4 is 23.0 Å². The Morgan fingerprint density at radius 3 is 2.48 bits per heavy atom. The number of anilines is 3. The van der Waals surface area contributed by atoms with Crippen molar-refractivity contribution in [2.45, 2.75) is 64.6 Å². The zero-order chi connectivity index (χ0) is 23.6.